The summed E-state index contributed by atoms with van der Waals surface area (Å²) in [4.78, 5) is 0. The maximum absolute atomic E-state index is 3.23. The Morgan fingerprint density at radius 1 is 1.80 bits per heavy atom. The van der Waals surface area contributed by atoms with Crippen LogP contribution in [-0.4, -0.2) is 0 Å². The third kappa shape index (κ3) is 4.22. The Kier molecular flexibility index (Phi) is 2.57. The van der Waals surface area contributed by atoms with E-state index in [0.717, 1.165) is 0 Å². The van der Waals surface area contributed by atoms with Crippen LogP contribution in [0.2, 0.25) is 0 Å². The lowest BCUT2D eigenvalue weighted by Crippen LogP contribution is -1.44. The van der Waals surface area contributed by atoms with Crippen LogP contribution in [-0.2, 0) is 0 Å². The minimum Gasteiger partial charge on any atom is -0.0778 e. The first-order valence-electron chi connectivity index (χ1n) is 1.56. The van der Waals surface area contributed by atoms with Crippen LogP contribution in [0.25, 0.3) is 0 Å². The zero-order valence-electron chi connectivity index (χ0n) is 3.46. The van der Waals surface area contributed by atoms with Crippen LogP contribution in [0.1, 0.15) is 13.8 Å². The van der Waals surface area contributed by atoms with Crippen LogP contribution >= 0.6 is 15.9 Å². The summed E-state index contributed by atoms with van der Waals surface area (Å²) in [6.45, 7) is 3.99. The van der Waals surface area contributed by atoms with Crippen LogP contribution < -0.4 is 0 Å². The summed E-state index contributed by atoms with van der Waals surface area (Å²) >= 11 is 3.23. The summed E-state index contributed by atoms with van der Waals surface area (Å²) in [6, 6.07) is 0. The molecule has 0 aliphatic carbocycles. The molecule has 0 aromatic carbocycles. The van der Waals surface area contributed by atoms with Gasteiger partial charge in [-0.05, 0) is 18.3 Å². The van der Waals surface area contributed by atoms with Gasteiger partial charge < -0.3 is 0 Å². The average Bonchev–Trinajstić information content (AvgIpc) is 1.38. The molecule has 0 atom stereocenters. The maximum Gasteiger partial charge on any atom is -0.0123 e. The van der Waals surface area contributed by atoms with Crippen molar-refractivity contribution in [1.29, 1.82) is 0 Å². The van der Waals surface area contributed by atoms with E-state index in [1.165, 1.54) is 4.48 Å². The first-order chi connectivity index (χ1) is 2.27. The van der Waals surface area contributed by atoms with Crippen LogP contribution in [0, 0.1) is 0 Å². The number of halogens is 1. The van der Waals surface area contributed by atoms with Gasteiger partial charge in [-0.3, -0.25) is 0 Å². The summed E-state index contributed by atoms with van der Waals surface area (Å²) in [7, 11) is 0. The Morgan fingerprint density at radius 3 is 2.00 bits per heavy atom. The van der Waals surface area contributed by atoms with Gasteiger partial charge in [0.2, 0.25) is 0 Å². The maximum atomic E-state index is 3.23. The number of hydrogen-bond acceptors (Lipinski definition) is 0. The molecule has 0 amide bonds. The van der Waals surface area contributed by atoms with Crippen molar-refractivity contribution in [3.63, 3.8) is 0 Å². The molecule has 0 spiro atoms. The lowest BCUT2D eigenvalue weighted by Gasteiger charge is -1.70. The standard InChI is InChI=1S/C4H7Br/c1-3-4(2)5/h3H,1-2H3. The molecule has 0 aliphatic rings. The zero-order valence-corrected chi connectivity index (χ0v) is 5.04. The van der Waals surface area contributed by atoms with Crippen LogP contribution in [0.4, 0.5) is 0 Å². The van der Waals surface area contributed by atoms with E-state index in [0.29, 0.717) is 0 Å². The summed E-state index contributed by atoms with van der Waals surface area (Å²) < 4.78 is 1.19. The van der Waals surface area contributed by atoms with Crippen LogP contribution in [0.15, 0.2) is 10.6 Å². The minimum atomic E-state index is 1.19. The molecule has 0 aromatic heterocycles. The molecule has 30 valence electrons. The van der Waals surface area contributed by atoms with E-state index in [4.69, 9.17) is 0 Å². The third-order valence-electron chi connectivity index (χ3n) is 0.398. The quantitative estimate of drug-likeness (QED) is 0.478. The van der Waals surface area contributed by atoms with Crippen molar-refractivity contribution in [2.75, 3.05) is 0 Å². The Balaban J connectivity index is 3.14. The fourth-order valence-corrected chi connectivity index (χ4v) is 0. The molecule has 0 nitrogen and oxygen atoms in total. The first kappa shape index (κ1) is 5.22. The normalized spacial score (nSPS) is 12.2. The molecule has 0 unspecified atom stereocenters. The Labute approximate surface area is 41.0 Å². The molecule has 0 radical (unpaired) electrons. The van der Waals surface area contributed by atoms with Gasteiger partial charge in [-0.1, -0.05) is 22.0 Å². The predicted octanol–water partition coefficient (Wildman–Crippen LogP) is 2.31. The largest absolute Gasteiger partial charge is 0.0778 e. The van der Waals surface area contributed by atoms with Gasteiger partial charge in [0.05, 0.1) is 0 Å². The molecular formula is C4H7Br. The summed E-state index contributed by atoms with van der Waals surface area (Å²) in [6.07, 6.45) is 2.00. The second-order valence-electron chi connectivity index (χ2n) is 0.875. The van der Waals surface area contributed by atoms with Crippen LogP contribution in [0.5, 0.6) is 0 Å². The highest BCUT2D eigenvalue weighted by molar-refractivity contribution is 9.11. The molecular weight excluding hydrogens is 128 g/mol. The summed E-state index contributed by atoms with van der Waals surface area (Å²) in [5, 5.41) is 0. The zero-order chi connectivity index (χ0) is 4.28. The first-order valence-corrected chi connectivity index (χ1v) is 2.35. The van der Waals surface area contributed by atoms with Gasteiger partial charge in [0.1, 0.15) is 0 Å². The lowest BCUT2D eigenvalue weighted by molar-refractivity contribution is 1.61. The van der Waals surface area contributed by atoms with Gasteiger partial charge in [0, 0.05) is 0 Å². The highest BCUT2D eigenvalue weighted by atomic mass is 79.9. The Hall–Kier alpha value is 0.220. The van der Waals surface area contributed by atoms with E-state index in [-0.39, 0.29) is 0 Å². The number of allylic oxidation sites excluding steroid dienone is 2. The van der Waals surface area contributed by atoms with Crippen molar-refractivity contribution >= 4 is 15.9 Å². The fourth-order valence-electron chi connectivity index (χ4n) is 0. The van der Waals surface area contributed by atoms with Crippen molar-refractivity contribution in [2.24, 2.45) is 0 Å². The van der Waals surface area contributed by atoms with Gasteiger partial charge in [-0.15, -0.1) is 0 Å². The van der Waals surface area contributed by atoms with E-state index < -0.39 is 0 Å². The summed E-state index contributed by atoms with van der Waals surface area (Å²) in [5.74, 6) is 0. The molecule has 0 aliphatic heterocycles. The van der Waals surface area contributed by atoms with Gasteiger partial charge in [-0.25, -0.2) is 0 Å². The van der Waals surface area contributed by atoms with E-state index in [1.807, 2.05) is 19.9 Å². The molecule has 0 N–H and O–H groups in total. The number of hydrogen-bond donors (Lipinski definition) is 0. The predicted molar refractivity (Wildman–Crippen MR) is 28.4 cm³/mol. The minimum absolute atomic E-state index is 1.19. The van der Waals surface area contributed by atoms with Crippen molar-refractivity contribution in [3.8, 4) is 0 Å². The highest BCUT2D eigenvalue weighted by Crippen LogP contribution is 1.98. The van der Waals surface area contributed by atoms with Crippen molar-refractivity contribution in [3.05, 3.63) is 10.6 Å². The molecule has 0 heterocycles. The Morgan fingerprint density at radius 2 is 2.00 bits per heavy atom. The smallest absolute Gasteiger partial charge is 0.0123 e. The molecule has 0 bridgehead atoms. The third-order valence-corrected chi connectivity index (χ3v) is 0.856. The second kappa shape index (κ2) is 2.46. The molecule has 0 fully saturated rings. The van der Waals surface area contributed by atoms with Crippen molar-refractivity contribution < 1.29 is 0 Å². The second-order valence-corrected chi connectivity index (χ2v) is 2.13. The molecule has 5 heavy (non-hydrogen) atoms. The molecule has 1 heteroatoms. The molecule has 0 saturated heterocycles. The van der Waals surface area contributed by atoms with Gasteiger partial charge >= 0.3 is 0 Å². The van der Waals surface area contributed by atoms with E-state index in [1.54, 1.807) is 0 Å². The average molecular weight is 135 g/mol. The Bertz CT molecular complexity index is 41.6. The van der Waals surface area contributed by atoms with E-state index in [2.05, 4.69) is 15.9 Å². The topological polar surface area (TPSA) is 0 Å². The lowest BCUT2D eigenvalue weighted by atomic mass is 10.6. The monoisotopic (exact) mass is 134 g/mol. The number of rotatable bonds is 0. The fraction of sp³-hybridized carbons (Fsp3) is 0.500. The highest BCUT2D eigenvalue weighted by Gasteiger charge is 1.63. The molecule has 0 rings (SSSR count). The van der Waals surface area contributed by atoms with Crippen LogP contribution in [0.3, 0.4) is 0 Å². The van der Waals surface area contributed by atoms with Gasteiger partial charge in [0.15, 0.2) is 0 Å². The van der Waals surface area contributed by atoms with Gasteiger partial charge in [0.25, 0.3) is 0 Å². The van der Waals surface area contributed by atoms with E-state index >= 15 is 0 Å². The van der Waals surface area contributed by atoms with E-state index in [9.17, 15) is 0 Å². The summed E-state index contributed by atoms with van der Waals surface area (Å²) in [5.41, 5.74) is 0. The SMILES string of the molecule is CC=C(C)Br. The molecule has 0 aromatic rings. The van der Waals surface area contributed by atoms with Crippen molar-refractivity contribution in [1.82, 2.24) is 0 Å². The van der Waals surface area contributed by atoms with Crippen molar-refractivity contribution in [2.45, 2.75) is 13.8 Å². The molecule has 0 saturated carbocycles. The van der Waals surface area contributed by atoms with Gasteiger partial charge in [-0.2, -0.15) is 0 Å².